The molecule has 0 saturated heterocycles. The van der Waals surface area contributed by atoms with E-state index in [4.69, 9.17) is 16.7 Å². The number of nitrogens with zero attached hydrogens (tertiary/aromatic N) is 2. The first-order chi connectivity index (χ1) is 9.90. The number of hydrogen-bond acceptors (Lipinski definition) is 3. The monoisotopic (exact) mass is 307 g/mol. The van der Waals surface area contributed by atoms with Gasteiger partial charge in [-0.2, -0.15) is 5.10 Å². The first-order valence-corrected chi connectivity index (χ1v) is 6.61. The summed E-state index contributed by atoms with van der Waals surface area (Å²) in [7, 11) is 0. The number of anilines is 1. The van der Waals surface area contributed by atoms with E-state index in [1.165, 1.54) is 19.2 Å². The van der Waals surface area contributed by atoms with Gasteiger partial charge in [-0.05, 0) is 37.6 Å². The zero-order chi connectivity index (χ0) is 15.6. The van der Waals surface area contributed by atoms with Gasteiger partial charge < -0.3 is 10.4 Å². The molecule has 6 nitrogen and oxygen atoms in total. The molecule has 2 N–H and O–H groups in total. The van der Waals surface area contributed by atoms with Crippen LogP contribution in [0, 0.1) is 6.92 Å². The Balaban J connectivity index is 2.23. The number of rotatable bonds is 4. The average molecular weight is 308 g/mol. The van der Waals surface area contributed by atoms with Crippen molar-refractivity contribution in [3.05, 3.63) is 46.7 Å². The number of halogens is 1. The lowest BCUT2D eigenvalue weighted by molar-refractivity contribution is -0.140. The van der Waals surface area contributed by atoms with Gasteiger partial charge in [-0.25, -0.2) is 9.48 Å². The number of aromatic nitrogens is 2. The van der Waals surface area contributed by atoms with Crippen LogP contribution in [0.5, 0.6) is 0 Å². The van der Waals surface area contributed by atoms with E-state index in [-0.39, 0.29) is 5.69 Å². The molecule has 0 saturated carbocycles. The number of carboxylic acids is 1. The minimum atomic E-state index is -1.06. The molecule has 1 aromatic heterocycles. The molecule has 7 heteroatoms. The van der Waals surface area contributed by atoms with Gasteiger partial charge in [0.25, 0.3) is 5.91 Å². The summed E-state index contributed by atoms with van der Waals surface area (Å²) < 4.78 is 1.16. The van der Waals surface area contributed by atoms with Gasteiger partial charge in [-0.3, -0.25) is 4.79 Å². The molecule has 1 heterocycles. The Morgan fingerprint density at radius 1 is 1.38 bits per heavy atom. The molecule has 2 aromatic rings. The molecule has 0 radical (unpaired) electrons. The summed E-state index contributed by atoms with van der Waals surface area (Å²) in [4.78, 5) is 23.2. The number of carbonyl (C=O) groups excluding carboxylic acids is 1. The molecule has 0 aliphatic rings. The highest BCUT2D eigenvalue weighted by molar-refractivity contribution is 6.31. The summed E-state index contributed by atoms with van der Waals surface area (Å²) in [5.41, 5.74) is 1.60. The quantitative estimate of drug-likeness (QED) is 0.909. The highest BCUT2D eigenvalue weighted by atomic mass is 35.5. The molecule has 1 unspecified atom stereocenters. The lowest BCUT2D eigenvalue weighted by atomic mass is 10.2. The third-order valence-electron chi connectivity index (χ3n) is 3.06. The van der Waals surface area contributed by atoms with Gasteiger partial charge in [-0.15, -0.1) is 0 Å². The second-order valence-electron chi connectivity index (χ2n) is 4.59. The van der Waals surface area contributed by atoms with Crippen LogP contribution < -0.4 is 5.32 Å². The van der Waals surface area contributed by atoms with Crippen molar-refractivity contribution in [1.29, 1.82) is 0 Å². The van der Waals surface area contributed by atoms with Crippen molar-refractivity contribution in [2.45, 2.75) is 19.9 Å². The predicted molar refractivity (Wildman–Crippen MR) is 78.7 cm³/mol. The fraction of sp³-hybridized carbons (Fsp3) is 0.214. The Morgan fingerprint density at radius 2 is 2.10 bits per heavy atom. The summed E-state index contributed by atoms with van der Waals surface area (Å²) in [6.45, 7) is 3.31. The van der Waals surface area contributed by atoms with E-state index in [0.29, 0.717) is 10.7 Å². The summed E-state index contributed by atoms with van der Waals surface area (Å²) >= 11 is 6.00. The SMILES string of the molecule is Cc1ccc(NC(=O)c2ccnn2C(C)C(=O)O)cc1Cl. The lowest BCUT2D eigenvalue weighted by Gasteiger charge is -2.12. The first-order valence-electron chi connectivity index (χ1n) is 6.24. The normalized spacial score (nSPS) is 12.0. The molecule has 21 heavy (non-hydrogen) atoms. The molecular formula is C14H14ClN3O3. The number of amides is 1. The van der Waals surface area contributed by atoms with Gasteiger partial charge in [0.15, 0.2) is 0 Å². The number of benzene rings is 1. The highest BCUT2D eigenvalue weighted by Gasteiger charge is 2.21. The maximum absolute atomic E-state index is 12.2. The minimum absolute atomic E-state index is 0.168. The second kappa shape index (κ2) is 5.97. The largest absolute Gasteiger partial charge is 0.480 e. The molecule has 1 atom stereocenters. The Morgan fingerprint density at radius 3 is 2.71 bits per heavy atom. The number of hydrogen-bond donors (Lipinski definition) is 2. The summed E-state index contributed by atoms with van der Waals surface area (Å²) in [6.07, 6.45) is 1.39. The number of aryl methyl sites for hydroxylation is 1. The van der Waals surface area contributed by atoms with Crippen molar-refractivity contribution in [2.75, 3.05) is 5.32 Å². The van der Waals surface area contributed by atoms with Crippen LogP contribution in [-0.2, 0) is 4.79 Å². The van der Waals surface area contributed by atoms with Crippen LogP contribution in [0.4, 0.5) is 5.69 Å². The number of aliphatic carboxylic acids is 1. The zero-order valence-corrected chi connectivity index (χ0v) is 12.3. The number of carboxylic acid groups (broad SMARTS) is 1. The van der Waals surface area contributed by atoms with E-state index in [1.807, 2.05) is 6.92 Å². The smallest absolute Gasteiger partial charge is 0.328 e. The molecule has 0 spiro atoms. The van der Waals surface area contributed by atoms with Crippen LogP contribution in [0.1, 0.15) is 29.0 Å². The lowest BCUT2D eigenvalue weighted by Crippen LogP contribution is -2.24. The third-order valence-corrected chi connectivity index (χ3v) is 3.46. The first kappa shape index (κ1) is 15.1. The number of nitrogens with one attached hydrogen (secondary N) is 1. The summed E-state index contributed by atoms with van der Waals surface area (Å²) in [5.74, 6) is -1.51. The maximum atomic E-state index is 12.2. The number of carbonyl (C=O) groups is 2. The van der Waals surface area contributed by atoms with Crippen LogP contribution in [0.2, 0.25) is 5.02 Å². The van der Waals surface area contributed by atoms with Gasteiger partial charge in [-0.1, -0.05) is 17.7 Å². The van der Waals surface area contributed by atoms with Crippen LogP contribution in [0.3, 0.4) is 0 Å². The van der Waals surface area contributed by atoms with Gasteiger partial charge in [0.2, 0.25) is 0 Å². The summed E-state index contributed by atoms with van der Waals surface area (Å²) in [5, 5.41) is 16.1. The van der Waals surface area contributed by atoms with Gasteiger partial charge in [0, 0.05) is 16.9 Å². The average Bonchev–Trinajstić information content (AvgIpc) is 2.91. The van der Waals surface area contributed by atoms with E-state index in [9.17, 15) is 9.59 Å². The Labute approximate surface area is 126 Å². The predicted octanol–water partition coefficient (Wildman–Crippen LogP) is 2.74. The standard InChI is InChI=1S/C14H14ClN3O3/c1-8-3-4-10(7-11(8)15)17-13(19)12-5-6-16-18(12)9(2)14(20)21/h3-7,9H,1-2H3,(H,17,19)(H,20,21). The van der Waals surface area contributed by atoms with Gasteiger partial charge in [0.1, 0.15) is 11.7 Å². The van der Waals surface area contributed by atoms with E-state index in [2.05, 4.69) is 10.4 Å². The van der Waals surface area contributed by atoms with Gasteiger partial charge >= 0.3 is 5.97 Å². The van der Waals surface area contributed by atoms with E-state index in [1.54, 1.807) is 18.2 Å². The van der Waals surface area contributed by atoms with E-state index < -0.39 is 17.9 Å². The highest BCUT2D eigenvalue weighted by Crippen LogP contribution is 2.20. The summed E-state index contributed by atoms with van der Waals surface area (Å²) in [6, 6.07) is 5.68. The van der Waals surface area contributed by atoms with Crippen molar-refractivity contribution < 1.29 is 14.7 Å². The Kier molecular flexibility index (Phi) is 4.28. The maximum Gasteiger partial charge on any atom is 0.328 e. The molecule has 0 bridgehead atoms. The molecule has 1 amide bonds. The van der Waals surface area contributed by atoms with Crippen LogP contribution in [-0.4, -0.2) is 26.8 Å². The fourth-order valence-corrected chi connectivity index (χ4v) is 1.95. The van der Waals surface area contributed by atoms with Crippen LogP contribution in [0.15, 0.2) is 30.5 Å². The second-order valence-corrected chi connectivity index (χ2v) is 5.00. The van der Waals surface area contributed by atoms with Crippen molar-refractivity contribution in [3.8, 4) is 0 Å². The minimum Gasteiger partial charge on any atom is -0.480 e. The molecule has 0 aliphatic heterocycles. The molecule has 2 rings (SSSR count). The molecular weight excluding hydrogens is 294 g/mol. The fourth-order valence-electron chi connectivity index (χ4n) is 1.77. The topological polar surface area (TPSA) is 84.2 Å². The zero-order valence-electron chi connectivity index (χ0n) is 11.5. The molecule has 110 valence electrons. The molecule has 0 fully saturated rings. The van der Waals surface area contributed by atoms with Crippen LogP contribution >= 0.6 is 11.6 Å². The van der Waals surface area contributed by atoms with E-state index in [0.717, 1.165) is 10.2 Å². The van der Waals surface area contributed by atoms with Crippen molar-refractivity contribution in [2.24, 2.45) is 0 Å². The molecule has 0 aliphatic carbocycles. The Hall–Kier alpha value is -2.34. The van der Waals surface area contributed by atoms with Crippen molar-refractivity contribution in [3.63, 3.8) is 0 Å². The van der Waals surface area contributed by atoms with Crippen molar-refractivity contribution in [1.82, 2.24) is 9.78 Å². The Bertz CT molecular complexity index is 697. The van der Waals surface area contributed by atoms with Crippen LogP contribution in [0.25, 0.3) is 0 Å². The third kappa shape index (κ3) is 3.22. The van der Waals surface area contributed by atoms with E-state index >= 15 is 0 Å². The van der Waals surface area contributed by atoms with Crippen molar-refractivity contribution >= 4 is 29.2 Å². The van der Waals surface area contributed by atoms with Gasteiger partial charge in [0.05, 0.1) is 0 Å². The molecule has 1 aromatic carbocycles.